The first-order chi connectivity index (χ1) is 8.22. The second kappa shape index (κ2) is 4.58. The van der Waals surface area contributed by atoms with Crippen LogP contribution in [0.25, 0.3) is 0 Å². The average molecular weight is 238 g/mol. The van der Waals surface area contributed by atoms with E-state index in [1.807, 2.05) is 6.92 Å². The maximum Gasteiger partial charge on any atom is 0.226 e. The summed E-state index contributed by atoms with van der Waals surface area (Å²) in [4.78, 5) is 12.1. The highest BCUT2D eigenvalue weighted by molar-refractivity contribution is 5.79. The number of nitrogens with one attached hydrogen (secondary N) is 2. The number of amides is 1. The van der Waals surface area contributed by atoms with E-state index in [0.717, 1.165) is 25.9 Å². The van der Waals surface area contributed by atoms with E-state index in [-0.39, 0.29) is 17.9 Å². The van der Waals surface area contributed by atoms with E-state index in [1.54, 1.807) is 0 Å². The Morgan fingerprint density at radius 3 is 2.53 bits per heavy atom. The molecule has 4 unspecified atom stereocenters. The fourth-order valence-corrected chi connectivity index (χ4v) is 3.56. The van der Waals surface area contributed by atoms with Crippen LogP contribution < -0.4 is 10.6 Å². The molecule has 3 rings (SSSR count). The van der Waals surface area contributed by atoms with Crippen LogP contribution in [0.5, 0.6) is 0 Å². The summed E-state index contributed by atoms with van der Waals surface area (Å²) < 4.78 is 5.46. The van der Waals surface area contributed by atoms with Crippen LogP contribution >= 0.6 is 0 Å². The first-order valence-corrected chi connectivity index (χ1v) is 6.90. The molecule has 2 N–H and O–H groups in total. The van der Waals surface area contributed by atoms with Crippen LogP contribution in [-0.4, -0.2) is 36.7 Å². The van der Waals surface area contributed by atoms with Gasteiger partial charge in [0, 0.05) is 24.7 Å². The van der Waals surface area contributed by atoms with Crippen molar-refractivity contribution in [2.24, 2.45) is 5.92 Å². The van der Waals surface area contributed by atoms with Crippen LogP contribution in [0.2, 0.25) is 0 Å². The van der Waals surface area contributed by atoms with Crippen LogP contribution in [0.15, 0.2) is 0 Å². The second-order valence-corrected chi connectivity index (χ2v) is 5.79. The molecule has 0 saturated carbocycles. The molecular weight excluding hydrogens is 216 g/mol. The summed E-state index contributed by atoms with van der Waals surface area (Å²) in [5.74, 6) is 0.281. The van der Waals surface area contributed by atoms with Gasteiger partial charge in [-0.2, -0.15) is 0 Å². The molecule has 3 aliphatic rings. The molecule has 0 spiro atoms. The predicted molar refractivity (Wildman–Crippen MR) is 64.6 cm³/mol. The fourth-order valence-electron chi connectivity index (χ4n) is 3.56. The Morgan fingerprint density at radius 2 is 1.94 bits per heavy atom. The van der Waals surface area contributed by atoms with Crippen molar-refractivity contribution in [3.63, 3.8) is 0 Å². The highest BCUT2D eigenvalue weighted by Gasteiger charge is 2.36. The van der Waals surface area contributed by atoms with Crippen molar-refractivity contribution in [3.8, 4) is 0 Å². The van der Waals surface area contributed by atoms with Crippen molar-refractivity contribution in [2.75, 3.05) is 6.61 Å². The zero-order valence-electron chi connectivity index (χ0n) is 10.4. The SMILES string of the molecule is CC1OCCC1C(=O)NC1CC2CCC(C1)N2. The number of ether oxygens (including phenoxy) is 1. The third kappa shape index (κ3) is 2.33. The van der Waals surface area contributed by atoms with Crippen LogP contribution in [0.3, 0.4) is 0 Å². The number of piperidine rings is 1. The Hall–Kier alpha value is -0.610. The lowest BCUT2D eigenvalue weighted by molar-refractivity contribution is -0.127. The molecular formula is C13H22N2O2. The molecule has 0 aromatic heterocycles. The number of carbonyl (C=O) groups is 1. The Kier molecular flexibility index (Phi) is 3.09. The van der Waals surface area contributed by atoms with Crippen LogP contribution in [0, 0.1) is 5.92 Å². The van der Waals surface area contributed by atoms with Gasteiger partial charge in [0.1, 0.15) is 0 Å². The summed E-state index contributed by atoms with van der Waals surface area (Å²) in [5.41, 5.74) is 0. The zero-order valence-corrected chi connectivity index (χ0v) is 10.4. The van der Waals surface area contributed by atoms with E-state index in [9.17, 15) is 4.79 Å². The minimum Gasteiger partial charge on any atom is -0.378 e. The first-order valence-electron chi connectivity index (χ1n) is 6.90. The van der Waals surface area contributed by atoms with Gasteiger partial charge in [0.2, 0.25) is 5.91 Å². The van der Waals surface area contributed by atoms with Gasteiger partial charge in [-0.3, -0.25) is 4.79 Å². The highest BCUT2D eigenvalue weighted by Crippen LogP contribution is 2.27. The van der Waals surface area contributed by atoms with Crippen molar-refractivity contribution >= 4 is 5.91 Å². The molecule has 3 aliphatic heterocycles. The third-order valence-corrected chi connectivity index (χ3v) is 4.53. The smallest absolute Gasteiger partial charge is 0.226 e. The van der Waals surface area contributed by atoms with Gasteiger partial charge in [0.05, 0.1) is 12.0 Å². The predicted octanol–water partition coefficient (Wildman–Crippen LogP) is 0.811. The van der Waals surface area contributed by atoms with Gasteiger partial charge in [-0.25, -0.2) is 0 Å². The lowest BCUT2D eigenvalue weighted by atomic mass is 9.97. The Morgan fingerprint density at radius 1 is 1.24 bits per heavy atom. The van der Waals surface area contributed by atoms with Crippen LogP contribution in [0.4, 0.5) is 0 Å². The Balaban J connectivity index is 1.54. The lowest BCUT2D eigenvalue weighted by Crippen LogP contribution is -2.49. The summed E-state index contributed by atoms with van der Waals surface area (Å²) in [5, 5.41) is 6.83. The Labute approximate surface area is 102 Å². The molecule has 0 aliphatic carbocycles. The largest absolute Gasteiger partial charge is 0.378 e. The Bertz CT molecular complexity index is 296. The molecule has 4 heteroatoms. The molecule has 2 bridgehead atoms. The molecule has 3 saturated heterocycles. The lowest BCUT2D eigenvalue weighted by Gasteiger charge is -2.30. The molecule has 3 heterocycles. The van der Waals surface area contributed by atoms with Gasteiger partial charge >= 0.3 is 0 Å². The minimum atomic E-state index is 0.0718. The van der Waals surface area contributed by atoms with E-state index < -0.39 is 0 Å². The number of fused-ring (bicyclic) bond motifs is 2. The average Bonchev–Trinajstić information content (AvgIpc) is 2.85. The first kappa shape index (κ1) is 11.5. The van der Waals surface area contributed by atoms with E-state index in [0.29, 0.717) is 18.1 Å². The summed E-state index contributed by atoms with van der Waals surface area (Å²) in [6, 6.07) is 1.65. The van der Waals surface area contributed by atoms with Crippen LogP contribution in [0.1, 0.15) is 39.0 Å². The fraction of sp³-hybridized carbons (Fsp3) is 0.923. The summed E-state index contributed by atoms with van der Waals surface area (Å²) in [6.45, 7) is 2.74. The standard InChI is InChI=1S/C13H22N2O2/c1-8-12(4-5-17-8)13(16)15-11-6-9-2-3-10(7-11)14-9/h8-12,14H,2-7H2,1H3,(H,15,16). The van der Waals surface area contributed by atoms with Gasteiger partial charge in [-0.15, -0.1) is 0 Å². The maximum atomic E-state index is 12.1. The number of rotatable bonds is 2. The maximum absolute atomic E-state index is 12.1. The molecule has 0 aromatic carbocycles. The molecule has 17 heavy (non-hydrogen) atoms. The normalized spacial score (nSPS) is 44.9. The van der Waals surface area contributed by atoms with Gasteiger partial charge in [0.15, 0.2) is 0 Å². The topological polar surface area (TPSA) is 50.4 Å². The number of hydrogen-bond donors (Lipinski definition) is 2. The van der Waals surface area contributed by atoms with Crippen molar-refractivity contribution < 1.29 is 9.53 Å². The van der Waals surface area contributed by atoms with Crippen LogP contribution in [-0.2, 0) is 9.53 Å². The molecule has 4 nitrogen and oxygen atoms in total. The molecule has 0 radical (unpaired) electrons. The van der Waals surface area contributed by atoms with Crippen molar-refractivity contribution in [3.05, 3.63) is 0 Å². The summed E-state index contributed by atoms with van der Waals surface area (Å²) in [6.07, 6.45) is 5.73. The van der Waals surface area contributed by atoms with Gasteiger partial charge < -0.3 is 15.4 Å². The van der Waals surface area contributed by atoms with E-state index in [4.69, 9.17) is 4.74 Å². The molecule has 0 aromatic rings. The molecule has 1 amide bonds. The van der Waals surface area contributed by atoms with E-state index >= 15 is 0 Å². The minimum absolute atomic E-state index is 0.0718. The van der Waals surface area contributed by atoms with E-state index in [1.165, 1.54) is 12.8 Å². The highest BCUT2D eigenvalue weighted by atomic mass is 16.5. The van der Waals surface area contributed by atoms with Gasteiger partial charge in [-0.1, -0.05) is 0 Å². The number of carbonyl (C=O) groups excluding carboxylic acids is 1. The molecule has 3 fully saturated rings. The molecule has 96 valence electrons. The van der Waals surface area contributed by atoms with Gasteiger partial charge in [0.25, 0.3) is 0 Å². The molecule has 4 atom stereocenters. The van der Waals surface area contributed by atoms with Gasteiger partial charge in [-0.05, 0) is 39.0 Å². The number of hydrogen-bond acceptors (Lipinski definition) is 3. The third-order valence-electron chi connectivity index (χ3n) is 4.53. The summed E-state index contributed by atoms with van der Waals surface area (Å²) in [7, 11) is 0. The zero-order chi connectivity index (χ0) is 11.8. The van der Waals surface area contributed by atoms with Crippen molar-refractivity contribution in [2.45, 2.75) is 63.3 Å². The van der Waals surface area contributed by atoms with Crippen molar-refractivity contribution in [1.29, 1.82) is 0 Å². The summed E-state index contributed by atoms with van der Waals surface area (Å²) >= 11 is 0. The van der Waals surface area contributed by atoms with E-state index in [2.05, 4.69) is 10.6 Å². The monoisotopic (exact) mass is 238 g/mol. The quantitative estimate of drug-likeness (QED) is 0.748. The second-order valence-electron chi connectivity index (χ2n) is 5.79. The van der Waals surface area contributed by atoms with Crippen molar-refractivity contribution in [1.82, 2.24) is 10.6 Å².